The summed E-state index contributed by atoms with van der Waals surface area (Å²) >= 11 is 1.87. The minimum absolute atomic E-state index is 0.0702. The summed E-state index contributed by atoms with van der Waals surface area (Å²) in [5.41, 5.74) is 12.4. The standard InChI is InChI=1S/C49H35NOS/c1-49(2)39-21-10-8-17-33(39)34-27-26-31(28-40(34)49)50(41-22-13-25-45-47(41)36-19-9-11-24-44(36)52-45)42-23-12-20-37-46-35-18-7-6-16-32(35)38(29-43(46)51-48(37)42)30-14-4-3-5-15-30/h3-29,37,48H,1-2H3. The van der Waals surface area contributed by atoms with E-state index in [9.17, 15) is 0 Å². The molecule has 2 atom stereocenters. The molecule has 2 unspecified atom stereocenters. The topological polar surface area (TPSA) is 12.5 Å². The van der Waals surface area contributed by atoms with Crippen molar-refractivity contribution in [3.05, 3.63) is 186 Å². The summed E-state index contributed by atoms with van der Waals surface area (Å²) in [4.78, 5) is 2.51. The van der Waals surface area contributed by atoms with Crippen LogP contribution >= 0.6 is 11.3 Å². The van der Waals surface area contributed by atoms with Crippen LogP contribution in [0, 0.1) is 0 Å². The molecule has 0 saturated carbocycles. The van der Waals surface area contributed by atoms with Crippen molar-refractivity contribution in [2.45, 2.75) is 31.3 Å². The highest BCUT2D eigenvalue weighted by atomic mass is 32.1. The van der Waals surface area contributed by atoms with Gasteiger partial charge in [-0.25, -0.2) is 0 Å². The second kappa shape index (κ2) is 11.0. The minimum atomic E-state index is -0.201. The third-order valence-electron chi connectivity index (χ3n) is 11.6. The molecule has 2 nitrogen and oxygen atoms in total. The van der Waals surface area contributed by atoms with E-state index in [0.29, 0.717) is 0 Å². The molecule has 3 aliphatic rings. The first-order valence-corrected chi connectivity index (χ1v) is 19.0. The number of allylic oxidation sites excluding steroid dienone is 2. The van der Waals surface area contributed by atoms with Gasteiger partial charge in [0.15, 0.2) is 0 Å². The SMILES string of the molecule is CC1(C)c2ccccc2-c2ccc(N(C3=CC=CC4c5c(cc(-c6ccccc6)c6ccccc56)OC34)c3cccc4sc5ccccc5c34)cc21. The molecule has 1 aliphatic heterocycles. The Morgan fingerprint density at radius 3 is 2.23 bits per heavy atom. The van der Waals surface area contributed by atoms with Gasteiger partial charge in [-0.05, 0) is 86.6 Å². The van der Waals surface area contributed by atoms with Crippen molar-refractivity contribution in [2.75, 3.05) is 4.90 Å². The molecule has 0 bridgehead atoms. The van der Waals surface area contributed by atoms with Crippen molar-refractivity contribution in [3.63, 3.8) is 0 Å². The molecule has 0 amide bonds. The quantitative estimate of drug-likeness (QED) is 0.183. The van der Waals surface area contributed by atoms with Crippen molar-refractivity contribution < 1.29 is 4.74 Å². The number of hydrogen-bond donors (Lipinski definition) is 0. The summed E-state index contributed by atoms with van der Waals surface area (Å²) in [5.74, 6) is 1.04. The van der Waals surface area contributed by atoms with Gasteiger partial charge in [-0.2, -0.15) is 0 Å². The first-order chi connectivity index (χ1) is 25.6. The Morgan fingerprint density at radius 2 is 1.35 bits per heavy atom. The summed E-state index contributed by atoms with van der Waals surface area (Å²) in [6.07, 6.45) is 6.68. The van der Waals surface area contributed by atoms with E-state index in [1.165, 1.54) is 75.6 Å². The molecule has 3 heteroatoms. The Labute approximate surface area is 307 Å². The van der Waals surface area contributed by atoms with Gasteiger partial charge in [-0.1, -0.05) is 135 Å². The molecule has 2 aliphatic carbocycles. The van der Waals surface area contributed by atoms with Gasteiger partial charge < -0.3 is 9.64 Å². The van der Waals surface area contributed by atoms with E-state index in [4.69, 9.17) is 4.74 Å². The Kier molecular flexibility index (Phi) is 6.33. The summed E-state index contributed by atoms with van der Waals surface area (Å²) < 4.78 is 9.81. The highest BCUT2D eigenvalue weighted by molar-refractivity contribution is 7.26. The van der Waals surface area contributed by atoms with Crippen LogP contribution in [0.25, 0.3) is 53.2 Å². The van der Waals surface area contributed by atoms with Gasteiger partial charge in [-0.15, -0.1) is 11.3 Å². The molecule has 52 heavy (non-hydrogen) atoms. The van der Waals surface area contributed by atoms with Crippen molar-refractivity contribution >= 4 is 53.7 Å². The fourth-order valence-corrected chi connectivity index (χ4v) is 10.4. The van der Waals surface area contributed by atoms with E-state index in [0.717, 1.165) is 17.1 Å². The van der Waals surface area contributed by atoms with Crippen molar-refractivity contribution in [1.82, 2.24) is 0 Å². The molecule has 7 aromatic carbocycles. The normalized spacial score (nSPS) is 17.8. The van der Waals surface area contributed by atoms with E-state index >= 15 is 0 Å². The summed E-state index contributed by atoms with van der Waals surface area (Å²) in [5, 5.41) is 5.08. The van der Waals surface area contributed by atoms with Crippen LogP contribution in [-0.2, 0) is 5.41 Å². The maximum atomic E-state index is 7.22. The molecule has 0 spiro atoms. The second-order valence-corrected chi connectivity index (χ2v) is 15.9. The second-order valence-electron chi connectivity index (χ2n) is 14.8. The lowest BCUT2D eigenvalue weighted by Crippen LogP contribution is -2.33. The molecule has 0 fully saturated rings. The molecule has 0 radical (unpaired) electrons. The zero-order valence-electron chi connectivity index (χ0n) is 29.0. The molecule has 248 valence electrons. The fraction of sp³-hybridized carbons (Fsp3) is 0.102. The van der Waals surface area contributed by atoms with Gasteiger partial charge in [0.25, 0.3) is 0 Å². The molecule has 0 N–H and O–H groups in total. The van der Waals surface area contributed by atoms with Crippen LogP contribution in [0.2, 0.25) is 0 Å². The van der Waals surface area contributed by atoms with Crippen molar-refractivity contribution in [3.8, 4) is 28.0 Å². The predicted octanol–water partition coefficient (Wildman–Crippen LogP) is 13.3. The average Bonchev–Trinajstić information content (AvgIpc) is 3.84. The van der Waals surface area contributed by atoms with Crippen molar-refractivity contribution in [1.29, 1.82) is 0 Å². The smallest absolute Gasteiger partial charge is 0.149 e. The van der Waals surface area contributed by atoms with E-state index in [1.807, 2.05) is 11.3 Å². The van der Waals surface area contributed by atoms with Crippen molar-refractivity contribution in [2.24, 2.45) is 0 Å². The molecule has 2 heterocycles. The van der Waals surface area contributed by atoms with E-state index in [1.54, 1.807) is 0 Å². The van der Waals surface area contributed by atoms with Crippen LogP contribution < -0.4 is 9.64 Å². The number of hydrogen-bond acceptors (Lipinski definition) is 3. The first-order valence-electron chi connectivity index (χ1n) is 18.2. The molecular formula is C49H35NOS. The number of benzene rings is 7. The third kappa shape index (κ3) is 4.17. The van der Waals surface area contributed by atoms with E-state index in [-0.39, 0.29) is 17.4 Å². The maximum Gasteiger partial charge on any atom is 0.149 e. The third-order valence-corrected chi connectivity index (χ3v) is 12.8. The zero-order chi connectivity index (χ0) is 34.6. The Hall–Kier alpha value is -5.90. The first kappa shape index (κ1) is 29.8. The number of ether oxygens (including phenoxy) is 1. The maximum absolute atomic E-state index is 7.22. The van der Waals surface area contributed by atoms with Gasteiger partial charge in [0, 0.05) is 42.8 Å². The van der Waals surface area contributed by atoms with Crippen LogP contribution in [0.3, 0.4) is 0 Å². The van der Waals surface area contributed by atoms with Gasteiger partial charge in [0.05, 0.1) is 11.4 Å². The molecule has 11 rings (SSSR count). The Bertz CT molecular complexity index is 2820. The van der Waals surface area contributed by atoms with Crippen LogP contribution in [0.5, 0.6) is 5.75 Å². The highest BCUT2D eigenvalue weighted by Gasteiger charge is 2.42. The van der Waals surface area contributed by atoms with Crippen LogP contribution in [0.15, 0.2) is 170 Å². The number of nitrogens with zero attached hydrogens (tertiary/aromatic N) is 1. The van der Waals surface area contributed by atoms with Gasteiger partial charge in [-0.3, -0.25) is 0 Å². The zero-order valence-corrected chi connectivity index (χ0v) is 29.8. The lowest BCUT2D eigenvalue weighted by atomic mass is 9.82. The van der Waals surface area contributed by atoms with Crippen LogP contribution in [0.1, 0.15) is 36.5 Å². The lowest BCUT2D eigenvalue weighted by Gasteiger charge is -2.35. The predicted molar refractivity (Wildman–Crippen MR) is 219 cm³/mol. The van der Waals surface area contributed by atoms with E-state index in [2.05, 4.69) is 183 Å². The number of thiophene rings is 1. The number of fused-ring (bicyclic) bond motifs is 11. The van der Waals surface area contributed by atoms with Gasteiger partial charge in [0.1, 0.15) is 11.9 Å². The average molecular weight is 686 g/mol. The summed E-state index contributed by atoms with van der Waals surface area (Å²) in [6, 6.07) is 53.4. The lowest BCUT2D eigenvalue weighted by molar-refractivity contribution is 0.253. The van der Waals surface area contributed by atoms with Gasteiger partial charge in [0.2, 0.25) is 0 Å². The summed E-state index contributed by atoms with van der Waals surface area (Å²) in [7, 11) is 0. The minimum Gasteiger partial charge on any atom is -0.483 e. The number of rotatable bonds is 4. The Balaban J connectivity index is 1.13. The highest BCUT2D eigenvalue weighted by Crippen LogP contribution is 2.54. The monoisotopic (exact) mass is 685 g/mol. The van der Waals surface area contributed by atoms with Crippen LogP contribution in [0.4, 0.5) is 11.4 Å². The molecule has 8 aromatic rings. The largest absolute Gasteiger partial charge is 0.483 e. The Morgan fingerprint density at radius 1 is 0.615 bits per heavy atom. The number of anilines is 2. The van der Waals surface area contributed by atoms with Crippen LogP contribution in [-0.4, -0.2) is 6.10 Å². The fourth-order valence-electron chi connectivity index (χ4n) is 9.24. The molecule has 1 aromatic heterocycles. The van der Waals surface area contributed by atoms with Gasteiger partial charge >= 0.3 is 0 Å². The summed E-state index contributed by atoms with van der Waals surface area (Å²) in [6.45, 7) is 4.73. The molecular weight excluding hydrogens is 651 g/mol. The van der Waals surface area contributed by atoms with E-state index < -0.39 is 0 Å². The molecule has 0 saturated heterocycles.